The number of para-hydroxylation sites is 2. The quantitative estimate of drug-likeness (QED) is 0.164. The maximum Gasteiger partial charge on any atom is 0.109 e. The average Bonchev–Trinajstić information content (AvgIpc) is 4.12. The Balaban J connectivity index is 1.16. The smallest absolute Gasteiger partial charge is 0.109 e. The molecule has 14 aromatic rings. The van der Waals surface area contributed by atoms with Crippen LogP contribution in [0.4, 0.5) is 0 Å². The van der Waals surface area contributed by atoms with Crippen molar-refractivity contribution in [3.63, 3.8) is 0 Å². The molecule has 0 aliphatic rings. The summed E-state index contributed by atoms with van der Waals surface area (Å²) >= 11 is 1.93. The van der Waals surface area contributed by atoms with Gasteiger partial charge in [0, 0.05) is 75.2 Å². The lowest BCUT2D eigenvalue weighted by Gasteiger charge is -2.22. The molecule has 4 heteroatoms. The third kappa shape index (κ3) is 4.98. The lowest BCUT2D eigenvalue weighted by molar-refractivity contribution is 0.591. The largest absolute Gasteiger partial charge is 0.309 e. The molecule has 0 aliphatic carbocycles. The predicted octanol–water partition coefficient (Wildman–Crippen LogP) is 17.9. The highest BCUT2D eigenvalue weighted by Crippen LogP contribution is 2.51. The molecule has 66 heavy (non-hydrogen) atoms. The normalized spacial score (nSPS) is 13.5. The summed E-state index contributed by atoms with van der Waals surface area (Å²) in [6.07, 6.45) is 0. The molecule has 0 N–H and O–H groups in total. The fourth-order valence-electron chi connectivity index (χ4n) is 11.7. The molecule has 0 saturated carbocycles. The number of fused-ring (bicyclic) bond motifs is 17. The van der Waals surface area contributed by atoms with Crippen molar-refractivity contribution in [2.45, 2.75) is 78.6 Å². The summed E-state index contributed by atoms with van der Waals surface area (Å²) in [5, 5.41) is 14.6. The highest BCUT2D eigenvalue weighted by atomic mass is 32.1. The first kappa shape index (κ1) is 38.4. The van der Waals surface area contributed by atoms with Gasteiger partial charge in [0.05, 0.1) is 38.6 Å². The van der Waals surface area contributed by atoms with Gasteiger partial charge in [0.1, 0.15) is 4.83 Å². The van der Waals surface area contributed by atoms with Crippen LogP contribution in [0, 0.1) is 0 Å². The first-order valence-electron chi connectivity index (χ1n) is 23.6. The molecule has 0 atom stereocenters. The van der Waals surface area contributed by atoms with Crippen LogP contribution in [0.15, 0.2) is 146 Å². The molecule has 6 aromatic heterocycles. The van der Waals surface area contributed by atoms with Gasteiger partial charge in [-0.3, -0.25) is 4.40 Å². The van der Waals surface area contributed by atoms with E-state index in [-0.39, 0.29) is 16.2 Å². The number of hydrogen-bond donors (Lipinski definition) is 0. The minimum atomic E-state index is -0.0625. The standard InChI is InChI=1S/C62H51N3S/c1-60(2,3)35-26-41(34-23-24-51-42(25-34)39-19-13-15-21-50(39)63(51)38-17-11-10-12-18-38)56-47(29-35)48-30-36(61(4,5)6)27-45-43-33-53-44(32-52(43)64(56)57(45)48)46-28-37(62(7,8)9)31-49-55-40-20-14-16-22-54(40)66-59(55)65(53)58(46)49/h10-33H,1-9H3. The van der Waals surface area contributed by atoms with Crippen molar-refractivity contribution in [2.75, 3.05) is 0 Å². The zero-order valence-corrected chi connectivity index (χ0v) is 39.9. The van der Waals surface area contributed by atoms with Gasteiger partial charge in [-0.25, -0.2) is 0 Å². The maximum atomic E-state index is 2.66. The average molecular weight is 870 g/mol. The van der Waals surface area contributed by atoms with Gasteiger partial charge in [-0.1, -0.05) is 123 Å². The number of aromatic nitrogens is 3. The number of hydrogen-bond acceptors (Lipinski definition) is 1. The number of rotatable bonds is 2. The first-order chi connectivity index (χ1) is 31.6. The number of nitrogens with zero attached hydrogens (tertiary/aromatic N) is 3. The van der Waals surface area contributed by atoms with Gasteiger partial charge >= 0.3 is 0 Å². The van der Waals surface area contributed by atoms with Crippen LogP contribution in [0.25, 0.3) is 124 Å². The molecule has 0 aliphatic heterocycles. The molecule has 6 heterocycles. The summed E-state index contributed by atoms with van der Waals surface area (Å²) in [5.74, 6) is 0. The molecular weight excluding hydrogens is 819 g/mol. The van der Waals surface area contributed by atoms with E-state index in [4.69, 9.17) is 0 Å². The lowest BCUT2D eigenvalue weighted by atomic mass is 9.83. The van der Waals surface area contributed by atoms with E-state index in [0.29, 0.717) is 0 Å². The van der Waals surface area contributed by atoms with E-state index in [1.807, 2.05) is 11.3 Å². The third-order valence-corrected chi connectivity index (χ3v) is 16.3. The molecule has 0 saturated heterocycles. The Morgan fingerprint density at radius 2 is 0.864 bits per heavy atom. The molecule has 0 unspecified atom stereocenters. The van der Waals surface area contributed by atoms with Crippen molar-refractivity contribution < 1.29 is 0 Å². The molecule has 320 valence electrons. The van der Waals surface area contributed by atoms with Crippen molar-refractivity contribution >= 4 is 119 Å². The molecule has 0 fully saturated rings. The Bertz CT molecular complexity index is 4370. The lowest BCUT2D eigenvalue weighted by Crippen LogP contribution is -2.11. The summed E-state index contributed by atoms with van der Waals surface area (Å²) in [4.78, 5) is 1.34. The Hall–Kier alpha value is -6.88. The van der Waals surface area contributed by atoms with Gasteiger partial charge < -0.3 is 8.97 Å². The van der Waals surface area contributed by atoms with Crippen LogP contribution in [0.5, 0.6) is 0 Å². The Morgan fingerprint density at radius 1 is 0.364 bits per heavy atom. The maximum absolute atomic E-state index is 2.66. The fourth-order valence-corrected chi connectivity index (χ4v) is 12.9. The van der Waals surface area contributed by atoms with Crippen molar-refractivity contribution in [2.24, 2.45) is 0 Å². The first-order valence-corrected chi connectivity index (χ1v) is 24.4. The molecule has 14 rings (SSSR count). The molecular formula is C62H51N3S. The van der Waals surface area contributed by atoms with E-state index in [1.165, 1.54) is 141 Å². The van der Waals surface area contributed by atoms with Crippen molar-refractivity contribution in [1.29, 1.82) is 0 Å². The minimum Gasteiger partial charge on any atom is -0.309 e. The highest BCUT2D eigenvalue weighted by molar-refractivity contribution is 7.25. The summed E-state index contributed by atoms with van der Waals surface area (Å²) in [5.41, 5.74) is 16.6. The molecule has 0 amide bonds. The zero-order valence-electron chi connectivity index (χ0n) is 39.1. The predicted molar refractivity (Wildman–Crippen MR) is 287 cm³/mol. The third-order valence-electron chi connectivity index (χ3n) is 15.1. The number of thiophene rings is 1. The second kappa shape index (κ2) is 12.5. The molecule has 0 spiro atoms. The van der Waals surface area contributed by atoms with Crippen LogP contribution in [0.3, 0.4) is 0 Å². The zero-order chi connectivity index (χ0) is 44.9. The molecule has 0 bridgehead atoms. The second-order valence-corrected chi connectivity index (χ2v) is 23.3. The molecule has 3 nitrogen and oxygen atoms in total. The molecule has 0 radical (unpaired) electrons. The van der Waals surface area contributed by atoms with E-state index in [1.54, 1.807) is 0 Å². The van der Waals surface area contributed by atoms with Gasteiger partial charge in [0.2, 0.25) is 0 Å². The van der Waals surface area contributed by atoms with Gasteiger partial charge in [-0.2, -0.15) is 0 Å². The van der Waals surface area contributed by atoms with Crippen molar-refractivity contribution in [3.05, 3.63) is 162 Å². The topological polar surface area (TPSA) is 13.8 Å². The summed E-state index contributed by atoms with van der Waals surface area (Å²) in [7, 11) is 0. The Morgan fingerprint density at radius 3 is 1.53 bits per heavy atom. The summed E-state index contributed by atoms with van der Waals surface area (Å²) in [6.45, 7) is 21.2. The minimum absolute atomic E-state index is 0.0129. The van der Waals surface area contributed by atoms with E-state index >= 15 is 0 Å². The van der Waals surface area contributed by atoms with E-state index < -0.39 is 0 Å². The highest BCUT2D eigenvalue weighted by Gasteiger charge is 2.30. The second-order valence-electron chi connectivity index (χ2n) is 22.3. The van der Waals surface area contributed by atoms with Crippen LogP contribution in [0.2, 0.25) is 0 Å². The molecule has 8 aromatic carbocycles. The number of benzene rings is 8. The van der Waals surface area contributed by atoms with Crippen LogP contribution in [0.1, 0.15) is 79.0 Å². The SMILES string of the molecule is CC(C)(C)c1cc(-c2ccc3c(c2)c2ccccc2n3-c2ccccc2)c2c(c1)c1cc(C(C)(C)C)cc3c4cc5c(cc4n2c31)c1cc(C(C)(C)C)cc2c3c4ccccc4sc3n5c12. The van der Waals surface area contributed by atoms with Crippen LogP contribution < -0.4 is 0 Å². The fraction of sp³-hybridized carbons (Fsp3) is 0.194. The summed E-state index contributed by atoms with van der Waals surface area (Å²) < 4.78 is 9.05. The van der Waals surface area contributed by atoms with Crippen LogP contribution in [-0.2, 0) is 16.2 Å². The van der Waals surface area contributed by atoms with Crippen molar-refractivity contribution in [1.82, 2.24) is 13.4 Å². The van der Waals surface area contributed by atoms with E-state index in [0.717, 1.165) is 0 Å². The van der Waals surface area contributed by atoms with E-state index in [2.05, 4.69) is 221 Å². The van der Waals surface area contributed by atoms with Crippen LogP contribution in [-0.4, -0.2) is 13.4 Å². The van der Waals surface area contributed by atoms with Gasteiger partial charge in [0.25, 0.3) is 0 Å². The van der Waals surface area contributed by atoms with E-state index in [9.17, 15) is 0 Å². The van der Waals surface area contributed by atoms with Crippen LogP contribution >= 0.6 is 11.3 Å². The monoisotopic (exact) mass is 869 g/mol. The summed E-state index contributed by atoms with van der Waals surface area (Å²) in [6, 6.07) is 56.1. The van der Waals surface area contributed by atoms with Crippen molar-refractivity contribution in [3.8, 4) is 16.8 Å². The van der Waals surface area contributed by atoms with Gasteiger partial charge in [-0.05, 0) is 123 Å². The Kier molecular flexibility index (Phi) is 7.28. The Labute approximate surface area is 387 Å². The van der Waals surface area contributed by atoms with Gasteiger partial charge in [-0.15, -0.1) is 11.3 Å². The van der Waals surface area contributed by atoms with Gasteiger partial charge in [0.15, 0.2) is 0 Å².